The van der Waals surface area contributed by atoms with Gasteiger partial charge in [0.1, 0.15) is 5.69 Å². The molecule has 126 valence electrons. The second kappa shape index (κ2) is 7.60. The number of hydrogen-bond donors (Lipinski definition) is 1. The van der Waals surface area contributed by atoms with Gasteiger partial charge in [-0.3, -0.25) is 0 Å². The topological polar surface area (TPSA) is 65.7 Å². The Labute approximate surface area is 148 Å². The quantitative estimate of drug-likeness (QED) is 0.723. The van der Waals surface area contributed by atoms with E-state index in [1.165, 1.54) is 18.4 Å². The van der Waals surface area contributed by atoms with Gasteiger partial charge in [0.2, 0.25) is 0 Å². The van der Waals surface area contributed by atoms with Gasteiger partial charge in [0.05, 0.1) is 11.9 Å². The lowest BCUT2D eigenvalue weighted by Crippen LogP contribution is -1.96. The third-order valence-electron chi connectivity index (χ3n) is 4.57. The number of nitrogens with zero attached hydrogens (tertiary/aromatic N) is 3. The van der Waals surface area contributed by atoms with Crippen LogP contribution in [0.4, 0.5) is 0 Å². The van der Waals surface area contributed by atoms with E-state index in [1.807, 2.05) is 29.1 Å². The van der Waals surface area contributed by atoms with E-state index in [1.54, 1.807) is 0 Å². The van der Waals surface area contributed by atoms with Crippen molar-refractivity contribution in [2.45, 2.75) is 25.7 Å². The first-order valence-electron chi connectivity index (χ1n) is 7.93. The normalized spacial score (nSPS) is 18.4. The molecule has 2 unspecified atom stereocenters. The Balaban J connectivity index is 0.00000104. The fraction of sp³-hybridized carbons (Fsp3) is 0.263. The monoisotopic (exact) mass is 342 g/mol. The average molecular weight is 343 g/mol. The predicted molar refractivity (Wildman–Crippen MR) is 100 cm³/mol. The summed E-state index contributed by atoms with van der Waals surface area (Å²) in [6.45, 7) is 2.28. The fourth-order valence-corrected chi connectivity index (χ4v) is 3.14. The number of halogens is 1. The zero-order valence-corrected chi connectivity index (χ0v) is 14.6. The predicted octanol–water partition coefficient (Wildman–Crippen LogP) is 5.03. The molecule has 1 aliphatic carbocycles. The van der Waals surface area contributed by atoms with Crippen LogP contribution < -0.4 is 6.15 Å². The molecule has 3 N–H and O–H groups in total. The summed E-state index contributed by atoms with van der Waals surface area (Å²) in [5, 5.41) is 8.59. The van der Waals surface area contributed by atoms with Gasteiger partial charge >= 0.3 is 0 Å². The molecule has 0 spiro atoms. The maximum Gasteiger partial charge on any atom is 0.113 e. The molecule has 1 saturated carbocycles. The first-order chi connectivity index (χ1) is 10.8. The highest BCUT2D eigenvalue weighted by Gasteiger charge is 2.36. The van der Waals surface area contributed by atoms with Gasteiger partial charge < -0.3 is 6.15 Å². The molecular weight excluding hydrogens is 320 g/mol. The van der Waals surface area contributed by atoms with Gasteiger partial charge in [-0.2, -0.15) is 0 Å². The number of rotatable bonds is 4. The molecular formula is C19H23ClN4. The highest BCUT2D eigenvalue weighted by molar-refractivity contribution is 5.85. The molecule has 4 rings (SSSR count). The minimum atomic E-state index is 0. The van der Waals surface area contributed by atoms with E-state index in [-0.39, 0.29) is 18.6 Å². The minimum Gasteiger partial charge on any atom is -0.344 e. The third kappa shape index (κ3) is 3.50. The van der Waals surface area contributed by atoms with Crippen LogP contribution in [0.3, 0.4) is 0 Å². The van der Waals surface area contributed by atoms with E-state index in [2.05, 4.69) is 53.6 Å². The molecule has 1 fully saturated rings. The largest absolute Gasteiger partial charge is 0.344 e. The van der Waals surface area contributed by atoms with Crippen molar-refractivity contribution in [1.29, 1.82) is 0 Å². The molecule has 4 nitrogen and oxygen atoms in total. The zero-order valence-electron chi connectivity index (χ0n) is 13.8. The summed E-state index contributed by atoms with van der Waals surface area (Å²) in [7, 11) is 0. The molecule has 0 saturated heterocycles. The summed E-state index contributed by atoms with van der Waals surface area (Å²) >= 11 is 0. The summed E-state index contributed by atoms with van der Waals surface area (Å²) < 4.78 is 1.87. The van der Waals surface area contributed by atoms with Crippen LogP contribution >= 0.6 is 12.4 Å². The maximum absolute atomic E-state index is 4.30. The molecule has 0 aliphatic heterocycles. The van der Waals surface area contributed by atoms with Gasteiger partial charge in [0, 0.05) is 5.56 Å². The summed E-state index contributed by atoms with van der Waals surface area (Å²) in [6.07, 6.45) is 4.60. The zero-order chi connectivity index (χ0) is 14.9. The molecule has 0 bridgehead atoms. The van der Waals surface area contributed by atoms with Crippen molar-refractivity contribution in [3.05, 3.63) is 66.4 Å². The number of benzene rings is 2. The first kappa shape index (κ1) is 18.2. The van der Waals surface area contributed by atoms with Crippen LogP contribution in [-0.2, 0) is 0 Å². The summed E-state index contributed by atoms with van der Waals surface area (Å²) in [4.78, 5) is 0. The van der Waals surface area contributed by atoms with Crippen molar-refractivity contribution < 1.29 is 0 Å². The van der Waals surface area contributed by atoms with E-state index in [0.717, 1.165) is 28.8 Å². The third-order valence-corrected chi connectivity index (χ3v) is 4.57. The van der Waals surface area contributed by atoms with Crippen molar-refractivity contribution in [2.24, 2.45) is 5.92 Å². The average Bonchev–Trinajstić information content (AvgIpc) is 3.22. The van der Waals surface area contributed by atoms with Crippen LogP contribution in [0.2, 0.25) is 0 Å². The second-order valence-electron chi connectivity index (χ2n) is 6.02. The van der Waals surface area contributed by atoms with E-state index in [0.29, 0.717) is 0 Å². The lowest BCUT2D eigenvalue weighted by molar-refractivity contribution is 0.763. The Hall–Kier alpha value is -2.17. The number of hydrogen-bond acceptors (Lipinski definition) is 3. The van der Waals surface area contributed by atoms with Crippen LogP contribution in [0.1, 0.15) is 31.2 Å². The van der Waals surface area contributed by atoms with Gasteiger partial charge in [0.15, 0.2) is 0 Å². The van der Waals surface area contributed by atoms with Crippen LogP contribution in [0, 0.1) is 5.92 Å². The molecule has 2 aromatic carbocycles. The van der Waals surface area contributed by atoms with E-state index < -0.39 is 0 Å². The number of aromatic nitrogens is 3. The maximum atomic E-state index is 4.30. The smallest absolute Gasteiger partial charge is 0.113 e. The molecule has 24 heavy (non-hydrogen) atoms. The fourth-order valence-electron chi connectivity index (χ4n) is 3.14. The van der Waals surface area contributed by atoms with E-state index >= 15 is 0 Å². The summed E-state index contributed by atoms with van der Waals surface area (Å²) in [5.41, 5.74) is 4.53. The van der Waals surface area contributed by atoms with Gasteiger partial charge in [0.25, 0.3) is 0 Å². The van der Waals surface area contributed by atoms with Gasteiger partial charge in [-0.05, 0) is 36.0 Å². The molecule has 0 radical (unpaired) electrons. The second-order valence-corrected chi connectivity index (χ2v) is 6.02. The van der Waals surface area contributed by atoms with Gasteiger partial charge in [-0.15, -0.1) is 17.5 Å². The summed E-state index contributed by atoms with van der Waals surface area (Å²) in [5.74, 6) is 1.60. The Morgan fingerprint density at radius 3 is 2.58 bits per heavy atom. The molecule has 3 aromatic rings. The van der Waals surface area contributed by atoms with Crippen molar-refractivity contribution >= 4 is 12.4 Å². The van der Waals surface area contributed by atoms with E-state index in [9.17, 15) is 0 Å². The first-order valence-corrected chi connectivity index (χ1v) is 7.93. The lowest BCUT2D eigenvalue weighted by Gasteiger charge is -2.04. The molecule has 0 amide bonds. The molecule has 2 atom stereocenters. The van der Waals surface area contributed by atoms with Crippen molar-refractivity contribution in [1.82, 2.24) is 21.1 Å². The van der Waals surface area contributed by atoms with Crippen LogP contribution in [0.25, 0.3) is 16.9 Å². The van der Waals surface area contributed by atoms with Gasteiger partial charge in [-0.25, -0.2) is 4.68 Å². The molecule has 1 aliphatic rings. The highest BCUT2D eigenvalue weighted by atomic mass is 35.5. The van der Waals surface area contributed by atoms with Crippen LogP contribution in [0.5, 0.6) is 0 Å². The SMILES string of the molecule is CCC1CC1c1cccc(-n2cc(-c3ccccc3)nn2)c1.Cl.N. The van der Waals surface area contributed by atoms with Crippen LogP contribution in [-0.4, -0.2) is 15.0 Å². The lowest BCUT2D eigenvalue weighted by atomic mass is 10.1. The molecule has 1 heterocycles. The Bertz CT molecular complexity index is 785. The Morgan fingerprint density at radius 2 is 1.88 bits per heavy atom. The van der Waals surface area contributed by atoms with Gasteiger partial charge in [-0.1, -0.05) is 61.0 Å². The van der Waals surface area contributed by atoms with Crippen molar-refractivity contribution in [3.8, 4) is 16.9 Å². The molecule has 1 aromatic heterocycles. The Morgan fingerprint density at radius 1 is 1.08 bits per heavy atom. The summed E-state index contributed by atoms with van der Waals surface area (Å²) in [6, 6.07) is 18.9. The standard InChI is InChI=1S/C19H19N3.ClH.H3N/c1-2-14-12-18(14)16-9-6-10-17(11-16)22-13-19(20-21-22)15-7-4-3-5-8-15;;/h3-11,13-14,18H,2,12H2,1H3;1H;1H3. The van der Waals surface area contributed by atoms with E-state index in [4.69, 9.17) is 0 Å². The Kier molecular flexibility index (Phi) is 5.75. The minimum absolute atomic E-state index is 0. The van der Waals surface area contributed by atoms with Crippen molar-refractivity contribution in [2.75, 3.05) is 0 Å². The van der Waals surface area contributed by atoms with Crippen LogP contribution in [0.15, 0.2) is 60.8 Å². The highest BCUT2D eigenvalue weighted by Crippen LogP contribution is 2.49. The molecule has 5 heteroatoms. The van der Waals surface area contributed by atoms with Crippen molar-refractivity contribution in [3.63, 3.8) is 0 Å².